The summed E-state index contributed by atoms with van der Waals surface area (Å²) in [5, 5.41) is 8.47. The van der Waals surface area contributed by atoms with E-state index < -0.39 is 0 Å². The van der Waals surface area contributed by atoms with Crippen LogP contribution in [0.4, 0.5) is 11.5 Å². The van der Waals surface area contributed by atoms with E-state index in [-0.39, 0.29) is 17.5 Å². The van der Waals surface area contributed by atoms with E-state index in [0.29, 0.717) is 32.7 Å². The van der Waals surface area contributed by atoms with Crippen molar-refractivity contribution in [3.63, 3.8) is 0 Å². The van der Waals surface area contributed by atoms with Gasteiger partial charge < -0.3 is 14.7 Å². The van der Waals surface area contributed by atoms with Crippen LogP contribution in [0, 0.1) is 6.92 Å². The Balaban J connectivity index is 1.49. The number of aryl methyl sites for hydroxylation is 1. The van der Waals surface area contributed by atoms with Crippen molar-refractivity contribution in [2.75, 3.05) is 42.5 Å². The topological polar surface area (TPSA) is 90.4 Å². The van der Waals surface area contributed by atoms with Crippen LogP contribution in [0.25, 0.3) is 16.6 Å². The van der Waals surface area contributed by atoms with Gasteiger partial charge in [-0.3, -0.25) is 14.5 Å². The first-order valence-corrected chi connectivity index (χ1v) is 14.0. The molecule has 2 aromatic carbocycles. The van der Waals surface area contributed by atoms with Crippen LogP contribution in [0.2, 0.25) is 0 Å². The summed E-state index contributed by atoms with van der Waals surface area (Å²) in [6.07, 6.45) is 4.00. The zero-order valence-corrected chi connectivity index (χ0v) is 23.4. The van der Waals surface area contributed by atoms with Gasteiger partial charge in [0.05, 0.1) is 35.3 Å². The van der Waals surface area contributed by atoms with Gasteiger partial charge in [0.1, 0.15) is 5.82 Å². The zero-order chi connectivity index (χ0) is 28.0. The number of H-pyrrole nitrogens is 1. The molecule has 1 amide bonds. The summed E-state index contributed by atoms with van der Waals surface area (Å²) in [4.78, 5) is 37.2. The van der Waals surface area contributed by atoms with E-state index in [0.717, 1.165) is 57.9 Å². The second-order valence-corrected chi connectivity index (χ2v) is 10.9. The van der Waals surface area contributed by atoms with Crippen molar-refractivity contribution < 1.29 is 4.79 Å². The number of carbonyl (C=O) groups is 1. The Morgan fingerprint density at radius 2 is 1.82 bits per heavy atom. The molecule has 4 aromatic rings. The number of nitrogens with zero attached hydrogens (tertiary/aromatic N) is 6. The molecule has 0 radical (unpaired) electrons. The molecule has 0 atom stereocenters. The minimum atomic E-state index is -0.272. The van der Waals surface area contributed by atoms with Crippen LogP contribution in [-0.4, -0.2) is 63.3 Å². The lowest BCUT2D eigenvalue weighted by molar-refractivity contribution is -0.126. The molecular weight excluding hydrogens is 502 g/mol. The van der Waals surface area contributed by atoms with Crippen LogP contribution in [0.1, 0.15) is 42.1 Å². The normalized spacial score (nSPS) is 15.6. The summed E-state index contributed by atoms with van der Waals surface area (Å²) >= 11 is 0. The molecular formula is C31H35N7O2. The van der Waals surface area contributed by atoms with E-state index in [2.05, 4.69) is 65.5 Å². The van der Waals surface area contributed by atoms with Crippen LogP contribution in [0.5, 0.6) is 0 Å². The number of piperazine rings is 1. The number of hydrogen-bond acceptors (Lipinski definition) is 6. The maximum atomic E-state index is 13.9. The van der Waals surface area contributed by atoms with Gasteiger partial charge in [0.25, 0.3) is 0 Å². The lowest BCUT2D eigenvalue weighted by atomic mass is 9.98. The maximum Gasteiger partial charge on any atom is 0.354 e. The van der Waals surface area contributed by atoms with Gasteiger partial charge in [0.15, 0.2) is 0 Å². The number of aromatic amines is 1. The highest BCUT2D eigenvalue weighted by molar-refractivity contribution is 5.93. The molecule has 2 aliphatic rings. The van der Waals surface area contributed by atoms with Crippen molar-refractivity contribution in [1.29, 1.82) is 0 Å². The van der Waals surface area contributed by atoms with E-state index in [1.165, 1.54) is 11.6 Å². The Labute approximate surface area is 233 Å². The van der Waals surface area contributed by atoms with Crippen LogP contribution in [0.3, 0.4) is 0 Å². The molecule has 9 nitrogen and oxygen atoms in total. The summed E-state index contributed by atoms with van der Waals surface area (Å²) in [7, 11) is 0. The third kappa shape index (κ3) is 4.35. The molecule has 2 aliphatic heterocycles. The predicted molar refractivity (Wildman–Crippen MR) is 158 cm³/mol. The zero-order valence-electron chi connectivity index (χ0n) is 23.4. The Morgan fingerprint density at radius 3 is 2.58 bits per heavy atom. The largest absolute Gasteiger partial charge is 0.365 e. The van der Waals surface area contributed by atoms with Crippen molar-refractivity contribution in [3.8, 4) is 5.69 Å². The monoisotopic (exact) mass is 537 g/mol. The Morgan fingerprint density at radius 1 is 1.05 bits per heavy atom. The van der Waals surface area contributed by atoms with E-state index >= 15 is 0 Å². The molecule has 0 unspecified atom stereocenters. The summed E-state index contributed by atoms with van der Waals surface area (Å²) in [5.74, 6) is 0.937. The van der Waals surface area contributed by atoms with Crippen molar-refractivity contribution in [1.82, 2.24) is 24.6 Å². The van der Waals surface area contributed by atoms with Crippen LogP contribution in [-0.2, 0) is 17.8 Å². The quantitative estimate of drug-likeness (QED) is 0.388. The molecule has 0 bridgehead atoms. The number of fused-ring (bicyclic) bond motifs is 2. The van der Waals surface area contributed by atoms with E-state index in [9.17, 15) is 9.59 Å². The number of amides is 1. The Hall–Kier alpha value is -4.40. The third-order valence-corrected chi connectivity index (χ3v) is 8.23. The second-order valence-electron chi connectivity index (χ2n) is 10.9. The smallest absolute Gasteiger partial charge is 0.354 e. The van der Waals surface area contributed by atoms with Gasteiger partial charge in [-0.1, -0.05) is 44.7 Å². The Kier molecular flexibility index (Phi) is 6.65. The fraction of sp³-hybridized carbons (Fsp3) is 0.355. The summed E-state index contributed by atoms with van der Waals surface area (Å²) in [5.41, 5.74) is 7.12. The highest BCUT2D eigenvalue weighted by Gasteiger charge is 2.31. The molecule has 0 spiro atoms. The van der Waals surface area contributed by atoms with Gasteiger partial charge in [0.2, 0.25) is 5.91 Å². The second kappa shape index (κ2) is 10.3. The number of carbonyl (C=O) groups excluding carboxylic acids is 1. The Bertz CT molecular complexity index is 1660. The van der Waals surface area contributed by atoms with Gasteiger partial charge in [0, 0.05) is 43.7 Å². The first kappa shape index (κ1) is 25.9. The molecule has 1 saturated heterocycles. The molecule has 0 aliphatic carbocycles. The maximum absolute atomic E-state index is 13.9. The summed E-state index contributed by atoms with van der Waals surface area (Å²) in [6, 6.07) is 12.3. The lowest BCUT2D eigenvalue weighted by Gasteiger charge is -2.39. The predicted octanol–water partition coefficient (Wildman–Crippen LogP) is 3.94. The molecule has 40 heavy (non-hydrogen) atoms. The number of rotatable bonds is 5. The molecule has 4 heterocycles. The molecule has 2 aromatic heterocycles. The number of nitrogens with one attached hydrogen (secondary N) is 1. The highest BCUT2D eigenvalue weighted by atomic mass is 16.2. The van der Waals surface area contributed by atoms with E-state index in [1.807, 2.05) is 29.0 Å². The van der Waals surface area contributed by atoms with Crippen LogP contribution >= 0.6 is 0 Å². The van der Waals surface area contributed by atoms with Gasteiger partial charge in [-0.15, -0.1) is 0 Å². The number of benzene rings is 2. The average molecular weight is 538 g/mol. The summed E-state index contributed by atoms with van der Waals surface area (Å²) < 4.78 is 1.84. The van der Waals surface area contributed by atoms with E-state index in [4.69, 9.17) is 4.98 Å². The fourth-order valence-electron chi connectivity index (χ4n) is 6.20. The SMILES string of the molecule is C=CC(=O)N1CCN(c2nc(=O)n(-c3ccccc3C(C)C)c3c2CCN(c2c(C)ccc4[nH]ncc24)C3)CC1. The first-order valence-electron chi connectivity index (χ1n) is 14.0. The standard InChI is InChI=1S/C31H35N7O2/c1-5-28(39)35-14-16-36(17-15-35)30-23-12-13-37(29-21(4)10-11-25-24(29)18-32-34-25)19-27(23)38(31(40)33-30)26-9-7-6-8-22(26)20(2)3/h5-11,18,20H,1,12-17,19H2,2-4H3,(H,32,34). The van der Waals surface area contributed by atoms with Crippen molar-refractivity contribution >= 4 is 28.3 Å². The number of aromatic nitrogens is 4. The fourth-order valence-corrected chi connectivity index (χ4v) is 6.20. The lowest BCUT2D eigenvalue weighted by Crippen LogP contribution is -2.50. The molecule has 9 heteroatoms. The number of hydrogen-bond donors (Lipinski definition) is 1. The molecule has 1 N–H and O–H groups in total. The van der Waals surface area contributed by atoms with Crippen molar-refractivity contribution in [3.05, 3.63) is 88.1 Å². The average Bonchev–Trinajstić information content (AvgIpc) is 3.45. The van der Waals surface area contributed by atoms with Gasteiger partial charge in [-0.05, 0) is 48.6 Å². The highest BCUT2D eigenvalue weighted by Crippen LogP contribution is 2.36. The summed E-state index contributed by atoms with van der Waals surface area (Å²) in [6.45, 7) is 13.8. The van der Waals surface area contributed by atoms with Crippen molar-refractivity contribution in [2.45, 2.75) is 39.7 Å². The first-order chi connectivity index (χ1) is 19.4. The molecule has 206 valence electrons. The number of anilines is 2. The minimum Gasteiger partial charge on any atom is -0.365 e. The molecule has 6 rings (SSSR count). The van der Waals surface area contributed by atoms with Crippen molar-refractivity contribution in [2.24, 2.45) is 0 Å². The molecule has 1 fully saturated rings. The van der Waals surface area contributed by atoms with Gasteiger partial charge in [-0.25, -0.2) is 4.79 Å². The number of para-hydroxylation sites is 1. The van der Waals surface area contributed by atoms with Gasteiger partial charge >= 0.3 is 5.69 Å². The van der Waals surface area contributed by atoms with E-state index in [1.54, 1.807) is 4.90 Å². The van der Waals surface area contributed by atoms with Gasteiger partial charge in [-0.2, -0.15) is 10.1 Å². The van der Waals surface area contributed by atoms with Crippen LogP contribution in [0.15, 0.2) is 60.0 Å². The third-order valence-electron chi connectivity index (χ3n) is 8.23. The minimum absolute atomic E-state index is 0.0604. The van der Waals surface area contributed by atoms with Crippen LogP contribution < -0.4 is 15.5 Å². The molecule has 0 saturated carbocycles.